The Morgan fingerprint density at radius 3 is 2.75 bits per heavy atom. The van der Waals surface area contributed by atoms with Crippen LogP contribution in [0.2, 0.25) is 0 Å². The zero-order valence-electron chi connectivity index (χ0n) is 9.34. The number of hydrogen-bond acceptors (Lipinski definition) is 5. The number of sulfonamides is 1. The minimum atomic E-state index is -3.15. The van der Waals surface area contributed by atoms with Crippen LogP contribution in [0.1, 0.15) is 0 Å². The number of nitrogens with one attached hydrogen (secondary N) is 1. The fourth-order valence-electron chi connectivity index (χ4n) is 1.07. The van der Waals surface area contributed by atoms with Gasteiger partial charge in [0.1, 0.15) is 5.82 Å². The van der Waals surface area contributed by atoms with Gasteiger partial charge in [0.25, 0.3) is 0 Å². The van der Waals surface area contributed by atoms with Crippen LogP contribution in [-0.4, -0.2) is 44.1 Å². The van der Waals surface area contributed by atoms with Gasteiger partial charge in [-0.2, -0.15) is 0 Å². The molecule has 90 valence electrons. The molecule has 0 atom stereocenters. The zero-order valence-corrected chi connectivity index (χ0v) is 10.2. The Kier molecular flexibility index (Phi) is 4.08. The molecule has 0 amide bonds. The van der Waals surface area contributed by atoms with E-state index in [4.69, 9.17) is 5.73 Å². The molecular weight excluding hydrogens is 228 g/mol. The molecule has 0 aliphatic carbocycles. The lowest BCUT2D eigenvalue weighted by Crippen LogP contribution is -2.28. The lowest BCUT2D eigenvalue weighted by molar-refractivity contribution is 0.521. The molecule has 0 radical (unpaired) electrons. The van der Waals surface area contributed by atoms with E-state index >= 15 is 0 Å². The summed E-state index contributed by atoms with van der Waals surface area (Å²) in [6.07, 6.45) is 1.57. The monoisotopic (exact) mass is 244 g/mol. The molecule has 1 aromatic rings. The third-order valence-electron chi connectivity index (χ3n) is 2.03. The van der Waals surface area contributed by atoms with E-state index in [0.717, 1.165) is 5.69 Å². The number of pyridine rings is 1. The van der Waals surface area contributed by atoms with Gasteiger partial charge in [-0.25, -0.2) is 17.7 Å². The summed E-state index contributed by atoms with van der Waals surface area (Å²) in [7, 11) is -0.127. The van der Waals surface area contributed by atoms with Crippen molar-refractivity contribution < 1.29 is 8.42 Å². The van der Waals surface area contributed by atoms with E-state index in [1.807, 2.05) is 0 Å². The molecule has 1 heterocycles. The Balaban J connectivity index is 2.48. The maximum absolute atomic E-state index is 11.4. The molecule has 16 heavy (non-hydrogen) atoms. The number of rotatable bonds is 5. The Bertz CT molecular complexity index is 445. The highest BCUT2D eigenvalue weighted by Gasteiger charge is 2.12. The quantitative estimate of drug-likeness (QED) is 0.759. The molecule has 0 saturated heterocycles. The minimum absolute atomic E-state index is 0.0439. The van der Waals surface area contributed by atoms with Crippen molar-refractivity contribution in [1.29, 1.82) is 0 Å². The highest BCUT2D eigenvalue weighted by Crippen LogP contribution is 2.08. The summed E-state index contributed by atoms with van der Waals surface area (Å²) in [5.74, 6) is 0.447. The zero-order chi connectivity index (χ0) is 12.2. The number of hydrogen-bond donors (Lipinski definition) is 2. The van der Waals surface area contributed by atoms with Crippen LogP contribution in [0, 0.1) is 0 Å². The molecule has 0 aliphatic heterocycles. The van der Waals surface area contributed by atoms with Crippen LogP contribution in [0.5, 0.6) is 0 Å². The van der Waals surface area contributed by atoms with E-state index < -0.39 is 10.0 Å². The van der Waals surface area contributed by atoms with Gasteiger partial charge < -0.3 is 11.1 Å². The van der Waals surface area contributed by atoms with E-state index in [9.17, 15) is 8.42 Å². The molecular formula is C9H16N4O2S. The summed E-state index contributed by atoms with van der Waals surface area (Å²) < 4.78 is 24.1. The van der Waals surface area contributed by atoms with E-state index in [1.165, 1.54) is 18.4 Å². The third kappa shape index (κ3) is 3.67. The number of anilines is 2. The van der Waals surface area contributed by atoms with Crippen LogP contribution in [0.25, 0.3) is 0 Å². The van der Waals surface area contributed by atoms with Gasteiger partial charge in [-0.3, -0.25) is 0 Å². The molecule has 0 saturated carbocycles. The SMILES string of the molecule is CN(C)S(=O)(=O)CCNc1ccnc(N)c1. The molecule has 0 bridgehead atoms. The average molecular weight is 244 g/mol. The lowest BCUT2D eigenvalue weighted by atomic mass is 10.4. The van der Waals surface area contributed by atoms with Gasteiger partial charge in [0, 0.05) is 38.6 Å². The second kappa shape index (κ2) is 5.13. The number of aromatic nitrogens is 1. The van der Waals surface area contributed by atoms with Crippen LogP contribution < -0.4 is 11.1 Å². The highest BCUT2D eigenvalue weighted by atomic mass is 32.2. The van der Waals surface area contributed by atoms with Crippen LogP contribution in [-0.2, 0) is 10.0 Å². The van der Waals surface area contributed by atoms with Crippen molar-refractivity contribution in [3.63, 3.8) is 0 Å². The predicted molar refractivity (Wildman–Crippen MR) is 64.6 cm³/mol. The van der Waals surface area contributed by atoms with Gasteiger partial charge in [0.05, 0.1) is 5.75 Å². The Morgan fingerprint density at radius 1 is 1.50 bits per heavy atom. The summed E-state index contributed by atoms with van der Waals surface area (Å²) in [4.78, 5) is 3.84. The first-order valence-corrected chi connectivity index (χ1v) is 6.38. The van der Waals surface area contributed by atoms with E-state index in [1.54, 1.807) is 18.3 Å². The summed E-state index contributed by atoms with van der Waals surface area (Å²) in [5.41, 5.74) is 6.25. The van der Waals surface area contributed by atoms with Gasteiger partial charge in [-0.1, -0.05) is 0 Å². The third-order valence-corrected chi connectivity index (χ3v) is 3.86. The standard InChI is InChI=1S/C9H16N4O2S/c1-13(2)16(14,15)6-5-11-8-3-4-12-9(10)7-8/h3-4,7H,5-6H2,1-2H3,(H3,10,11,12). The first-order chi connectivity index (χ1) is 7.42. The van der Waals surface area contributed by atoms with Crippen molar-refractivity contribution >= 4 is 21.5 Å². The first-order valence-electron chi connectivity index (χ1n) is 4.77. The number of nitrogens with two attached hydrogens (primary N) is 1. The van der Waals surface area contributed by atoms with E-state index in [-0.39, 0.29) is 5.75 Å². The minimum Gasteiger partial charge on any atom is -0.384 e. The van der Waals surface area contributed by atoms with Crippen molar-refractivity contribution in [2.75, 3.05) is 37.4 Å². The Hall–Kier alpha value is -1.34. The summed E-state index contributed by atoms with van der Waals surface area (Å²) >= 11 is 0. The van der Waals surface area contributed by atoms with Crippen molar-refractivity contribution in [3.8, 4) is 0 Å². The smallest absolute Gasteiger partial charge is 0.215 e. The lowest BCUT2D eigenvalue weighted by Gasteiger charge is -2.12. The Morgan fingerprint density at radius 2 is 2.19 bits per heavy atom. The highest BCUT2D eigenvalue weighted by molar-refractivity contribution is 7.89. The molecule has 1 aromatic heterocycles. The van der Waals surface area contributed by atoms with Gasteiger partial charge in [0.2, 0.25) is 10.0 Å². The van der Waals surface area contributed by atoms with Crippen LogP contribution in [0.3, 0.4) is 0 Å². The van der Waals surface area contributed by atoms with Gasteiger partial charge >= 0.3 is 0 Å². The van der Waals surface area contributed by atoms with E-state index in [0.29, 0.717) is 12.4 Å². The van der Waals surface area contributed by atoms with Crippen molar-refractivity contribution in [2.45, 2.75) is 0 Å². The molecule has 0 aromatic carbocycles. The largest absolute Gasteiger partial charge is 0.384 e. The summed E-state index contributed by atoms with van der Waals surface area (Å²) in [6, 6.07) is 3.39. The van der Waals surface area contributed by atoms with Gasteiger partial charge in [-0.05, 0) is 6.07 Å². The molecule has 0 aliphatic rings. The number of nitrogen functional groups attached to an aromatic ring is 1. The maximum atomic E-state index is 11.4. The van der Waals surface area contributed by atoms with E-state index in [2.05, 4.69) is 10.3 Å². The predicted octanol–water partition coefficient (Wildman–Crippen LogP) is -0.0329. The second-order valence-corrected chi connectivity index (χ2v) is 5.80. The van der Waals surface area contributed by atoms with Crippen molar-refractivity contribution in [1.82, 2.24) is 9.29 Å². The van der Waals surface area contributed by atoms with Crippen LogP contribution >= 0.6 is 0 Å². The summed E-state index contributed by atoms with van der Waals surface area (Å²) in [5, 5.41) is 2.97. The molecule has 0 unspecified atom stereocenters. The number of nitrogens with zero attached hydrogens (tertiary/aromatic N) is 2. The molecule has 1 rings (SSSR count). The second-order valence-electron chi connectivity index (χ2n) is 3.49. The molecule has 0 fully saturated rings. The molecule has 3 N–H and O–H groups in total. The topological polar surface area (TPSA) is 88.3 Å². The fraction of sp³-hybridized carbons (Fsp3) is 0.444. The molecule has 0 spiro atoms. The molecule has 6 nitrogen and oxygen atoms in total. The average Bonchev–Trinajstić information content (AvgIpc) is 2.17. The van der Waals surface area contributed by atoms with Crippen molar-refractivity contribution in [2.24, 2.45) is 0 Å². The van der Waals surface area contributed by atoms with Crippen LogP contribution in [0.15, 0.2) is 18.3 Å². The maximum Gasteiger partial charge on any atom is 0.215 e. The summed E-state index contributed by atoms with van der Waals surface area (Å²) in [6.45, 7) is 0.337. The van der Waals surface area contributed by atoms with Gasteiger partial charge in [-0.15, -0.1) is 0 Å². The first kappa shape index (κ1) is 12.7. The van der Waals surface area contributed by atoms with Gasteiger partial charge in [0.15, 0.2) is 0 Å². The van der Waals surface area contributed by atoms with Crippen molar-refractivity contribution in [3.05, 3.63) is 18.3 Å². The van der Waals surface area contributed by atoms with Crippen LogP contribution in [0.4, 0.5) is 11.5 Å². The molecule has 7 heteroatoms. The Labute approximate surface area is 95.5 Å². The normalized spacial score (nSPS) is 11.7. The fourth-order valence-corrected chi connectivity index (χ4v) is 1.79.